The molecule has 14 heteroatoms. The maximum Gasteiger partial charge on any atom is 0.217 e. The molecule has 2 amide bonds. The highest BCUT2D eigenvalue weighted by Crippen LogP contribution is 2.51. The van der Waals surface area contributed by atoms with Crippen LogP contribution < -0.4 is 60.5 Å². The number of nitrogens with one attached hydrogen (secondary N) is 4. The van der Waals surface area contributed by atoms with E-state index < -0.39 is 12.1 Å². The number of hydrogen-bond acceptors (Lipinski definition) is 12. The van der Waals surface area contributed by atoms with Gasteiger partial charge in [-0.1, -0.05) is 25.0 Å². The van der Waals surface area contributed by atoms with Crippen LogP contribution in [0, 0.1) is 0 Å². The first-order chi connectivity index (χ1) is 30.0. The standard InChI is InChI=1S/C48H58N4O10/c1-27(53)51-35-17-13-29-23-41(57-3)45(59-5)47(61-7)43(29)31-15-19-37(39(55)25-33(31)35)49-21-11-9-10-12-22-50-38-20-16-32-34(26-40(38)56)36(52-28(2)54)18-14-30-24-42(58-4)46(60-6)48(62-8)44(30)32/h15-16,19-20,23-26,35-36H,9-14,17-18,21-22H2,1-8H3,(H,49,55)(H,50,56)(H,51,53)(H,52,54). The van der Waals surface area contributed by atoms with Crippen LogP contribution in [-0.2, 0) is 22.4 Å². The van der Waals surface area contributed by atoms with Crippen molar-refractivity contribution in [1.82, 2.24) is 10.6 Å². The molecule has 0 bridgehead atoms. The lowest BCUT2D eigenvalue weighted by molar-refractivity contribution is -0.120. The number of hydrogen-bond donors (Lipinski definition) is 4. The molecule has 0 aromatic heterocycles. The molecule has 6 rings (SSSR count). The fourth-order valence-electron chi connectivity index (χ4n) is 8.76. The summed E-state index contributed by atoms with van der Waals surface area (Å²) < 4.78 is 34.5. The van der Waals surface area contributed by atoms with E-state index in [-0.39, 0.29) is 22.7 Å². The van der Waals surface area contributed by atoms with Crippen molar-refractivity contribution in [2.75, 3.05) is 66.4 Å². The summed E-state index contributed by atoms with van der Waals surface area (Å²) in [6, 6.07) is 13.7. The zero-order valence-electron chi connectivity index (χ0n) is 36.9. The number of amides is 2. The molecule has 2 aliphatic carbocycles. The van der Waals surface area contributed by atoms with Crippen LogP contribution in [0.5, 0.6) is 34.5 Å². The van der Waals surface area contributed by atoms with E-state index in [9.17, 15) is 19.2 Å². The second-order valence-electron chi connectivity index (χ2n) is 15.5. The molecule has 2 atom stereocenters. The number of anilines is 2. The molecule has 14 nitrogen and oxygen atoms in total. The SMILES string of the molecule is COc1cc2c(c(OC)c1OC)-c1ccc(NCCCCCCNc3ccc4c(cc3=O)C(NC(C)=O)CCc3cc(OC)c(OC)c(OC)c3-4)c(=O)cc1C(NC(C)=O)CC2. The maximum absolute atomic E-state index is 13.7. The summed E-state index contributed by atoms with van der Waals surface area (Å²) in [7, 11) is 9.42. The summed E-state index contributed by atoms with van der Waals surface area (Å²) in [5.74, 6) is 2.61. The number of unbranched alkanes of at least 4 members (excludes halogenated alkanes) is 3. The number of rotatable bonds is 17. The average molecular weight is 851 g/mol. The Bertz CT molecular complexity index is 2270. The van der Waals surface area contributed by atoms with E-state index in [2.05, 4.69) is 21.3 Å². The van der Waals surface area contributed by atoms with E-state index in [0.717, 1.165) is 59.1 Å². The molecule has 0 heterocycles. The number of ether oxygens (including phenoxy) is 6. The van der Waals surface area contributed by atoms with Crippen LogP contribution in [0.1, 0.15) is 86.7 Å². The summed E-state index contributed by atoms with van der Waals surface area (Å²) >= 11 is 0. The van der Waals surface area contributed by atoms with Crippen molar-refractivity contribution < 1.29 is 38.0 Å². The molecular weight excluding hydrogens is 793 g/mol. The lowest BCUT2D eigenvalue weighted by Gasteiger charge is -2.19. The summed E-state index contributed by atoms with van der Waals surface area (Å²) in [4.78, 5) is 52.0. The van der Waals surface area contributed by atoms with E-state index in [1.807, 2.05) is 24.3 Å². The summed E-state index contributed by atoms with van der Waals surface area (Å²) in [6.07, 6.45) is 5.83. The van der Waals surface area contributed by atoms with Crippen molar-refractivity contribution >= 4 is 23.2 Å². The van der Waals surface area contributed by atoms with E-state index in [0.29, 0.717) is 95.8 Å². The Balaban J connectivity index is 1.14. The predicted molar refractivity (Wildman–Crippen MR) is 241 cm³/mol. The van der Waals surface area contributed by atoms with Gasteiger partial charge in [0.25, 0.3) is 0 Å². The van der Waals surface area contributed by atoms with Crippen LogP contribution in [0.3, 0.4) is 0 Å². The predicted octanol–water partition coefficient (Wildman–Crippen LogP) is 7.12. The average Bonchev–Trinajstić information content (AvgIpc) is 3.65. The third kappa shape index (κ3) is 9.54. The first kappa shape index (κ1) is 45.1. The second-order valence-corrected chi connectivity index (χ2v) is 15.5. The van der Waals surface area contributed by atoms with Crippen LogP contribution in [0.4, 0.5) is 11.4 Å². The lowest BCUT2D eigenvalue weighted by atomic mass is 9.95. The van der Waals surface area contributed by atoms with Crippen molar-refractivity contribution in [3.63, 3.8) is 0 Å². The molecule has 0 spiro atoms. The van der Waals surface area contributed by atoms with Gasteiger partial charge in [-0.2, -0.15) is 0 Å². The fourth-order valence-corrected chi connectivity index (χ4v) is 8.76. The van der Waals surface area contributed by atoms with Gasteiger partial charge >= 0.3 is 0 Å². The topological polar surface area (TPSA) is 172 Å². The normalized spacial score (nSPS) is 14.8. The monoisotopic (exact) mass is 850 g/mol. The van der Waals surface area contributed by atoms with Crippen LogP contribution >= 0.6 is 0 Å². The molecule has 2 aliphatic rings. The molecule has 0 fully saturated rings. The Morgan fingerprint density at radius 3 is 1.26 bits per heavy atom. The Hall–Kier alpha value is -6.44. The minimum Gasteiger partial charge on any atom is -0.493 e. The molecule has 62 heavy (non-hydrogen) atoms. The quantitative estimate of drug-likeness (QED) is 0.0795. The molecule has 4 aromatic carbocycles. The van der Waals surface area contributed by atoms with Crippen LogP contribution in [0.15, 0.2) is 58.1 Å². The van der Waals surface area contributed by atoms with Crippen LogP contribution in [0.2, 0.25) is 0 Å². The second kappa shape index (κ2) is 20.4. The zero-order valence-corrected chi connectivity index (χ0v) is 36.9. The van der Waals surface area contributed by atoms with Gasteiger partial charge in [-0.05, 0) is 108 Å². The Morgan fingerprint density at radius 2 is 0.919 bits per heavy atom. The molecule has 0 aliphatic heterocycles. The number of carbonyl (C=O) groups excluding carboxylic acids is 2. The van der Waals surface area contributed by atoms with Crippen molar-refractivity contribution in [2.45, 2.75) is 77.3 Å². The lowest BCUT2D eigenvalue weighted by Crippen LogP contribution is -2.26. The van der Waals surface area contributed by atoms with Gasteiger partial charge in [0.2, 0.25) is 34.2 Å². The highest BCUT2D eigenvalue weighted by molar-refractivity contribution is 5.85. The molecule has 4 N–H and O–H groups in total. The first-order valence-corrected chi connectivity index (χ1v) is 21.0. The zero-order chi connectivity index (χ0) is 44.5. The largest absolute Gasteiger partial charge is 0.493 e. The number of fused-ring (bicyclic) bond motifs is 6. The summed E-state index contributed by atoms with van der Waals surface area (Å²) in [5, 5.41) is 12.8. The maximum atomic E-state index is 13.7. The van der Waals surface area contributed by atoms with E-state index in [1.54, 1.807) is 66.9 Å². The van der Waals surface area contributed by atoms with Gasteiger partial charge in [0.05, 0.1) is 66.1 Å². The van der Waals surface area contributed by atoms with Crippen LogP contribution in [0.25, 0.3) is 22.3 Å². The number of carbonyl (C=O) groups is 2. The van der Waals surface area contributed by atoms with Gasteiger partial charge in [-0.25, -0.2) is 0 Å². The van der Waals surface area contributed by atoms with Gasteiger partial charge in [0, 0.05) is 38.1 Å². The Morgan fingerprint density at radius 1 is 0.532 bits per heavy atom. The molecule has 0 saturated carbocycles. The van der Waals surface area contributed by atoms with Gasteiger partial charge in [0.15, 0.2) is 23.0 Å². The molecule has 330 valence electrons. The highest BCUT2D eigenvalue weighted by atomic mass is 16.5. The number of benzene rings is 2. The summed E-state index contributed by atoms with van der Waals surface area (Å²) in [5.41, 5.74) is 7.03. The molecule has 2 unspecified atom stereocenters. The van der Waals surface area contributed by atoms with Crippen molar-refractivity contribution in [3.8, 4) is 56.8 Å². The van der Waals surface area contributed by atoms with E-state index in [1.165, 1.54) is 13.8 Å². The smallest absolute Gasteiger partial charge is 0.217 e. The highest BCUT2D eigenvalue weighted by Gasteiger charge is 2.31. The van der Waals surface area contributed by atoms with Gasteiger partial charge in [-0.15, -0.1) is 0 Å². The van der Waals surface area contributed by atoms with E-state index in [4.69, 9.17) is 28.4 Å². The Kier molecular flexibility index (Phi) is 14.8. The third-order valence-corrected chi connectivity index (χ3v) is 11.6. The molecule has 0 saturated heterocycles. The third-order valence-electron chi connectivity index (χ3n) is 11.6. The minimum absolute atomic E-state index is 0.181. The molecule has 0 radical (unpaired) electrons. The fraction of sp³-hybridized carbons (Fsp3) is 0.417. The molecular formula is C48H58N4O10. The van der Waals surface area contributed by atoms with Crippen molar-refractivity contribution in [3.05, 3.63) is 91.2 Å². The van der Waals surface area contributed by atoms with Gasteiger partial charge < -0.3 is 49.7 Å². The Labute approximate surface area is 362 Å². The van der Waals surface area contributed by atoms with Crippen molar-refractivity contribution in [1.29, 1.82) is 0 Å². The van der Waals surface area contributed by atoms with E-state index >= 15 is 0 Å². The summed E-state index contributed by atoms with van der Waals surface area (Å²) in [6.45, 7) is 4.11. The number of aryl methyl sites for hydroxylation is 2. The van der Waals surface area contributed by atoms with Crippen molar-refractivity contribution in [2.24, 2.45) is 0 Å². The first-order valence-electron chi connectivity index (χ1n) is 21.0. The van der Waals surface area contributed by atoms with Gasteiger partial charge in [0.1, 0.15) is 0 Å². The van der Waals surface area contributed by atoms with Gasteiger partial charge in [-0.3, -0.25) is 19.2 Å². The van der Waals surface area contributed by atoms with Crippen LogP contribution in [-0.4, -0.2) is 67.6 Å². The molecule has 4 aromatic rings. The minimum atomic E-state index is -0.390. The number of methoxy groups -OCH3 is 6.